The highest BCUT2D eigenvalue weighted by Gasteiger charge is 2.60. The summed E-state index contributed by atoms with van der Waals surface area (Å²) in [5.74, 6) is 2.67. The third kappa shape index (κ3) is 3.00. The van der Waals surface area contributed by atoms with Crippen LogP contribution in [0.1, 0.15) is 45.6 Å². The van der Waals surface area contributed by atoms with Crippen LogP contribution in [0.25, 0.3) is 5.57 Å². The Morgan fingerprint density at radius 2 is 1.77 bits per heavy atom. The Labute approximate surface area is 181 Å². The maximum absolute atomic E-state index is 12.9. The Morgan fingerprint density at radius 3 is 2.43 bits per heavy atom. The standard InChI is InChI=1S/C25H35NO3Si/c1-25(2,3)30(4,5)29-15-19-14-28-24(27)26(19)23-21(16-9-7-6-8-10-16)20-17-11-12-18(13-17)22(20)23/h6-10,17-20,22H,11-15H2,1-5H3/t17-,18+,19-,20-,22-/m0/s1. The van der Waals surface area contributed by atoms with Crippen LogP contribution in [0.4, 0.5) is 4.79 Å². The van der Waals surface area contributed by atoms with E-state index in [0.29, 0.717) is 25.0 Å². The third-order valence-corrected chi connectivity index (χ3v) is 13.1. The number of benzene rings is 1. The molecule has 0 radical (unpaired) electrons. The lowest BCUT2D eigenvalue weighted by Crippen LogP contribution is -2.49. The van der Waals surface area contributed by atoms with Crippen molar-refractivity contribution in [1.82, 2.24) is 4.90 Å². The Balaban J connectivity index is 1.47. The van der Waals surface area contributed by atoms with Gasteiger partial charge in [0.1, 0.15) is 6.61 Å². The fraction of sp³-hybridized carbons (Fsp3) is 0.640. The summed E-state index contributed by atoms with van der Waals surface area (Å²) in [5.41, 5.74) is 3.94. The van der Waals surface area contributed by atoms with E-state index >= 15 is 0 Å². The SMILES string of the molecule is CC(C)(C)[Si](C)(C)OC[C@@H]1COC(=O)N1C1=C(c2ccccc2)[C@@H]2[C@H]3CC[C@H](C3)[C@H]12. The third-order valence-electron chi connectivity index (χ3n) is 8.59. The molecule has 30 heavy (non-hydrogen) atoms. The Hall–Kier alpha value is -1.59. The van der Waals surface area contributed by atoms with Crippen molar-refractivity contribution in [3.63, 3.8) is 0 Å². The molecule has 1 aromatic rings. The molecule has 0 aromatic heterocycles. The molecule has 5 heteroatoms. The maximum atomic E-state index is 12.9. The predicted octanol–water partition coefficient (Wildman–Crippen LogP) is 5.92. The molecular formula is C25H35NO3Si. The molecule has 1 saturated heterocycles. The second kappa shape index (κ2) is 6.96. The predicted molar refractivity (Wildman–Crippen MR) is 121 cm³/mol. The van der Waals surface area contributed by atoms with Gasteiger partial charge in [0.25, 0.3) is 0 Å². The molecule has 3 fully saturated rings. The topological polar surface area (TPSA) is 38.8 Å². The number of ether oxygens (including phenoxy) is 1. The van der Waals surface area contributed by atoms with Crippen LogP contribution in [-0.4, -0.2) is 38.6 Å². The van der Waals surface area contributed by atoms with E-state index < -0.39 is 8.32 Å². The van der Waals surface area contributed by atoms with Crippen molar-refractivity contribution in [3.05, 3.63) is 41.6 Å². The largest absolute Gasteiger partial charge is 0.447 e. The van der Waals surface area contributed by atoms with Gasteiger partial charge >= 0.3 is 6.09 Å². The molecule has 1 aromatic carbocycles. The first-order valence-corrected chi connectivity index (χ1v) is 14.5. The molecule has 5 atom stereocenters. The molecule has 0 unspecified atom stereocenters. The van der Waals surface area contributed by atoms with Gasteiger partial charge in [0.2, 0.25) is 0 Å². The van der Waals surface area contributed by atoms with Gasteiger partial charge in [-0.2, -0.15) is 0 Å². The zero-order valence-corrected chi connectivity index (χ0v) is 20.0. The summed E-state index contributed by atoms with van der Waals surface area (Å²) in [4.78, 5) is 14.9. The van der Waals surface area contributed by atoms with E-state index in [1.54, 1.807) is 0 Å². The summed E-state index contributed by atoms with van der Waals surface area (Å²) in [5, 5.41) is 0.155. The summed E-state index contributed by atoms with van der Waals surface area (Å²) in [6.07, 6.45) is 3.80. The number of amides is 1. The number of fused-ring (bicyclic) bond motifs is 5. The Morgan fingerprint density at radius 1 is 1.10 bits per heavy atom. The van der Waals surface area contributed by atoms with Crippen LogP contribution < -0.4 is 0 Å². The average Bonchev–Trinajstić information content (AvgIpc) is 3.34. The molecule has 5 rings (SSSR count). The fourth-order valence-corrected chi connectivity index (χ4v) is 7.04. The number of carbonyl (C=O) groups excluding carboxylic acids is 1. The number of nitrogens with zero attached hydrogens (tertiary/aromatic N) is 1. The number of rotatable bonds is 5. The van der Waals surface area contributed by atoms with Gasteiger partial charge in [0.15, 0.2) is 8.32 Å². The first-order chi connectivity index (χ1) is 14.2. The van der Waals surface area contributed by atoms with Crippen molar-refractivity contribution >= 4 is 20.0 Å². The van der Waals surface area contributed by atoms with Gasteiger partial charge in [-0.25, -0.2) is 4.79 Å². The lowest BCUT2D eigenvalue weighted by Gasteiger charge is -2.48. The zero-order valence-electron chi connectivity index (χ0n) is 19.0. The van der Waals surface area contributed by atoms with Crippen LogP contribution >= 0.6 is 0 Å². The molecule has 1 heterocycles. The lowest BCUT2D eigenvalue weighted by molar-refractivity contribution is 0.144. The zero-order chi connectivity index (χ0) is 21.3. The number of allylic oxidation sites excluding steroid dienone is 2. The summed E-state index contributed by atoms with van der Waals surface area (Å²) >= 11 is 0. The van der Waals surface area contributed by atoms with Crippen molar-refractivity contribution < 1.29 is 14.0 Å². The minimum absolute atomic E-state index is 0.0135. The van der Waals surface area contributed by atoms with E-state index in [-0.39, 0.29) is 17.2 Å². The molecule has 3 aliphatic carbocycles. The molecule has 2 bridgehead atoms. The quantitative estimate of drug-likeness (QED) is 0.550. The normalized spacial score (nSPS) is 33.0. The molecule has 4 aliphatic rings. The Kier molecular flexibility index (Phi) is 4.71. The maximum Gasteiger partial charge on any atom is 0.414 e. The minimum atomic E-state index is -1.88. The lowest BCUT2D eigenvalue weighted by atomic mass is 9.61. The second-order valence-corrected chi connectivity index (χ2v) is 16.0. The molecule has 2 saturated carbocycles. The van der Waals surface area contributed by atoms with Gasteiger partial charge in [-0.1, -0.05) is 51.1 Å². The second-order valence-electron chi connectivity index (χ2n) is 11.2. The van der Waals surface area contributed by atoms with Crippen molar-refractivity contribution in [2.75, 3.05) is 13.2 Å². The van der Waals surface area contributed by atoms with Crippen LogP contribution in [0.5, 0.6) is 0 Å². The fourth-order valence-electron chi connectivity index (χ4n) is 6.00. The highest BCUT2D eigenvalue weighted by molar-refractivity contribution is 6.74. The van der Waals surface area contributed by atoms with Crippen molar-refractivity contribution in [2.24, 2.45) is 23.7 Å². The van der Waals surface area contributed by atoms with Crippen molar-refractivity contribution in [2.45, 2.75) is 64.2 Å². The smallest absolute Gasteiger partial charge is 0.414 e. The summed E-state index contributed by atoms with van der Waals surface area (Å²) < 4.78 is 12.1. The van der Waals surface area contributed by atoms with Crippen LogP contribution in [-0.2, 0) is 9.16 Å². The first-order valence-electron chi connectivity index (χ1n) is 11.6. The van der Waals surface area contributed by atoms with Crippen molar-refractivity contribution in [3.8, 4) is 0 Å². The van der Waals surface area contributed by atoms with Crippen LogP contribution in [0.15, 0.2) is 36.0 Å². The molecule has 1 aliphatic heterocycles. The van der Waals surface area contributed by atoms with Crippen LogP contribution in [0.3, 0.4) is 0 Å². The Bertz CT molecular complexity index is 872. The van der Waals surface area contributed by atoms with Crippen molar-refractivity contribution in [1.29, 1.82) is 0 Å². The molecule has 0 spiro atoms. The highest BCUT2D eigenvalue weighted by Crippen LogP contribution is 2.67. The van der Waals surface area contributed by atoms with Gasteiger partial charge in [0.05, 0.1) is 12.6 Å². The number of hydrogen-bond acceptors (Lipinski definition) is 3. The number of hydrogen-bond donors (Lipinski definition) is 0. The van der Waals surface area contributed by atoms with E-state index in [4.69, 9.17) is 9.16 Å². The summed E-state index contributed by atoms with van der Waals surface area (Å²) in [7, 11) is -1.88. The monoisotopic (exact) mass is 425 g/mol. The average molecular weight is 426 g/mol. The van der Waals surface area contributed by atoms with Gasteiger partial charge in [-0.3, -0.25) is 4.90 Å². The highest BCUT2D eigenvalue weighted by atomic mass is 28.4. The first kappa shape index (κ1) is 20.3. The van der Waals surface area contributed by atoms with E-state index in [0.717, 1.165) is 11.8 Å². The van der Waals surface area contributed by atoms with E-state index in [9.17, 15) is 4.79 Å². The molecule has 0 N–H and O–H groups in total. The molecular weight excluding hydrogens is 390 g/mol. The van der Waals surface area contributed by atoms with E-state index in [2.05, 4.69) is 64.2 Å². The molecule has 4 nitrogen and oxygen atoms in total. The summed E-state index contributed by atoms with van der Waals surface area (Å²) in [6.45, 7) is 12.3. The van der Waals surface area contributed by atoms with Gasteiger partial charge in [0, 0.05) is 11.6 Å². The van der Waals surface area contributed by atoms with E-state index in [1.165, 1.54) is 36.1 Å². The summed E-state index contributed by atoms with van der Waals surface area (Å²) in [6, 6.07) is 10.7. The minimum Gasteiger partial charge on any atom is -0.447 e. The van der Waals surface area contributed by atoms with E-state index in [1.807, 2.05) is 4.90 Å². The number of cyclic esters (lactones) is 1. The van der Waals surface area contributed by atoms with Gasteiger partial charge in [-0.15, -0.1) is 0 Å². The van der Waals surface area contributed by atoms with Gasteiger partial charge < -0.3 is 9.16 Å². The van der Waals surface area contributed by atoms with Gasteiger partial charge in [-0.05, 0) is 66.3 Å². The van der Waals surface area contributed by atoms with Crippen LogP contribution in [0, 0.1) is 23.7 Å². The molecule has 162 valence electrons. The van der Waals surface area contributed by atoms with Crippen LogP contribution in [0.2, 0.25) is 18.1 Å². The molecule has 1 amide bonds. The number of carbonyl (C=O) groups is 1.